The van der Waals surface area contributed by atoms with Gasteiger partial charge in [-0.1, -0.05) is 0 Å². The predicted molar refractivity (Wildman–Crippen MR) is 83.2 cm³/mol. The van der Waals surface area contributed by atoms with Gasteiger partial charge in [-0.15, -0.1) is 0 Å². The number of carbonyl (C=O) groups is 2. The lowest BCUT2D eigenvalue weighted by Gasteiger charge is -2.02. The van der Waals surface area contributed by atoms with E-state index >= 15 is 0 Å². The number of methoxy groups -OCH3 is 2. The molecule has 0 aliphatic rings. The monoisotopic (exact) mass is 336 g/mol. The van der Waals surface area contributed by atoms with Crippen LogP contribution in [0.5, 0.6) is 23.0 Å². The highest BCUT2D eigenvalue weighted by atomic mass is 16.5. The maximum atomic E-state index is 10.4. The summed E-state index contributed by atoms with van der Waals surface area (Å²) < 4.78 is 9.47. The number of aromatic hydroxyl groups is 2. The largest absolute Gasteiger partial charge is 0.504 e. The first kappa shape index (κ1) is 18.6. The van der Waals surface area contributed by atoms with Gasteiger partial charge >= 0.3 is 11.9 Å². The Kier molecular flexibility index (Phi) is 6.42. The SMILES string of the molecule is COc1ccc(C(=O)O)cc1O.COc1ccc(C(=O)O)cc1O. The molecule has 0 aliphatic heterocycles. The summed E-state index contributed by atoms with van der Waals surface area (Å²) in [6.07, 6.45) is 0. The van der Waals surface area contributed by atoms with Crippen molar-refractivity contribution in [1.82, 2.24) is 0 Å². The maximum Gasteiger partial charge on any atom is 0.335 e. The van der Waals surface area contributed by atoms with Crippen LogP contribution in [0.1, 0.15) is 20.7 Å². The van der Waals surface area contributed by atoms with Crippen molar-refractivity contribution in [2.75, 3.05) is 14.2 Å². The Hall–Kier alpha value is -3.42. The second-order valence-corrected chi connectivity index (χ2v) is 4.38. The van der Waals surface area contributed by atoms with E-state index in [9.17, 15) is 9.59 Å². The molecule has 4 N–H and O–H groups in total. The molecule has 0 bridgehead atoms. The fraction of sp³-hybridized carbons (Fsp3) is 0.125. The van der Waals surface area contributed by atoms with Gasteiger partial charge in [0.05, 0.1) is 25.3 Å². The first-order valence-electron chi connectivity index (χ1n) is 6.50. The second-order valence-electron chi connectivity index (χ2n) is 4.38. The summed E-state index contributed by atoms with van der Waals surface area (Å²) >= 11 is 0. The van der Waals surface area contributed by atoms with E-state index in [4.69, 9.17) is 29.9 Å². The molecule has 0 atom stereocenters. The van der Waals surface area contributed by atoms with Crippen molar-refractivity contribution in [1.29, 1.82) is 0 Å². The van der Waals surface area contributed by atoms with Gasteiger partial charge in [-0.2, -0.15) is 0 Å². The molecule has 128 valence electrons. The average Bonchev–Trinajstić information content (AvgIpc) is 2.55. The Balaban J connectivity index is 0.000000240. The van der Waals surface area contributed by atoms with Crippen molar-refractivity contribution in [2.45, 2.75) is 0 Å². The Morgan fingerprint density at radius 3 is 1.29 bits per heavy atom. The van der Waals surface area contributed by atoms with E-state index in [0.717, 1.165) is 12.1 Å². The summed E-state index contributed by atoms with van der Waals surface area (Å²) in [6, 6.07) is 7.81. The zero-order chi connectivity index (χ0) is 18.3. The minimum atomic E-state index is -1.08. The molecule has 0 unspecified atom stereocenters. The van der Waals surface area contributed by atoms with Crippen molar-refractivity contribution in [2.24, 2.45) is 0 Å². The highest BCUT2D eigenvalue weighted by Crippen LogP contribution is 2.26. The van der Waals surface area contributed by atoms with Gasteiger partial charge in [0.25, 0.3) is 0 Å². The third kappa shape index (κ3) is 4.80. The minimum absolute atomic E-state index is 0.0355. The zero-order valence-electron chi connectivity index (χ0n) is 12.9. The third-order valence-electron chi connectivity index (χ3n) is 2.85. The third-order valence-corrected chi connectivity index (χ3v) is 2.85. The number of carboxylic acid groups (broad SMARTS) is 2. The van der Waals surface area contributed by atoms with Gasteiger partial charge in [-0.25, -0.2) is 9.59 Å². The van der Waals surface area contributed by atoms with Gasteiger partial charge in [-0.05, 0) is 36.4 Å². The average molecular weight is 336 g/mol. The molecule has 2 rings (SSSR count). The summed E-state index contributed by atoms with van der Waals surface area (Å²) in [6.45, 7) is 0. The van der Waals surface area contributed by atoms with Crippen LogP contribution in [0.25, 0.3) is 0 Å². The van der Waals surface area contributed by atoms with Crippen LogP contribution in [0.15, 0.2) is 36.4 Å². The summed E-state index contributed by atoms with van der Waals surface area (Å²) in [7, 11) is 2.80. The maximum absolute atomic E-state index is 10.4. The lowest BCUT2D eigenvalue weighted by Crippen LogP contribution is -1.95. The molecule has 0 heterocycles. The van der Waals surface area contributed by atoms with E-state index in [-0.39, 0.29) is 34.1 Å². The van der Waals surface area contributed by atoms with Crippen LogP contribution in [0.4, 0.5) is 0 Å². The van der Waals surface area contributed by atoms with Crippen molar-refractivity contribution < 1.29 is 39.5 Å². The number of benzene rings is 2. The van der Waals surface area contributed by atoms with E-state index < -0.39 is 11.9 Å². The van der Waals surface area contributed by atoms with Crippen LogP contribution in [0.2, 0.25) is 0 Å². The van der Waals surface area contributed by atoms with Crippen LogP contribution in [-0.4, -0.2) is 46.6 Å². The van der Waals surface area contributed by atoms with E-state index in [0.29, 0.717) is 0 Å². The van der Waals surface area contributed by atoms with E-state index in [1.54, 1.807) is 0 Å². The highest BCUT2D eigenvalue weighted by molar-refractivity contribution is 5.88. The number of ether oxygens (including phenoxy) is 2. The molecule has 2 aromatic carbocycles. The van der Waals surface area contributed by atoms with Crippen LogP contribution in [0.3, 0.4) is 0 Å². The molecule has 8 heteroatoms. The van der Waals surface area contributed by atoms with Crippen molar-refractivity contribution in [3.63, 3.8) is 0 Å². The molecular weight excluding hydrogens is 320 g/mol. The van der Waals surface area contributed by atoms with Crippen molar-refractivity contribution >= 4 is 11.9 Å². The number of hydrogen-bond acceptors (Lipinski definition) is 6. The summed E-state index contributed by atoms with van der Waals surface area (Å²) in [5.41, 5.74) is 0.0709. The summed E-state index contributed by atoms with van der Waals surface area (Å²) in [5, 5.41) is 35.3. The minimum Gasteiger partial charge on any atom is -0.504 e. The second kappa shape index (κ2) is 8.28. The highest BCUT2D eigenvalue weighted by Gasteiger charge is 2.07. The Morgan fingerprint density at radius 1 is 0.750 bits per heavy atom. The standard InChI is InChI=1S/2C8H8O4/c2*1-12-7-3-2-5(8(10)11)4-6(7)9/h2*2-4,9H,1H3,(H,10,11). The normalized spacial score (nSPS) is 9.42. The van der Waals surface area contributed by atoms with Gasteiger partial charge in [-0.3, -0.25) is 0 Å². The number of hydrogen-bond donors (Lipinski definition) is 4. The lowest BCUT2D eigenvalue weighted by molar-refractivity contribution is 0.0685. The van der Waals surface area contributed by atoms with Gasteiger partial charge in [0.15, 0.2) is 23.0 Å². The Bertz CT molecular complexity index is 675. The van der Waals surface area contributed by atoms with Crippen LogP contribution in [-0.2, 0) is 0 Å². The predicted octanol–water partition coefficient (Wildman–Crippen LogP) is 2.20. The number of phenols is 2. The van der Waals surface area contributed by atoms with Crippen LogP contribution < -0.4 is 9.47 Å². The van der Waals surface area contributed by atoms with Crippen molar-refractivity contribution in [3.05, 3.63) is 47.5 Å². The fourth-order valence-electron chi connectivity index (χ4n) is 1.65. The molecule has 0 aromatic heterocycles. The van der Waals surface area contributed by atoms with Gasteiger partial charge in [0, 0.05) is 0 Å². The molecule has 8 nitrogen and oxygen atoms in total. The quantitative estimate of drug-likeness (QED) is 0.667. The summed E-state index contributed by atoms with van der Waals surface area (Å²) in [5.74, 6) is -1.96. The smallest absolute Gasteiger partial charge is 0.335 e. The molecule has 0 amide bonds. The first-order valence-corrected chi connectivity index (χ1v) is 6.50. The van der Waals surface area contributed by atoms with Crippen LogP contribution >= 0.6 is 0 Å². The molecule has 0 spiro atoms. The van der Waals surface area contributed by atoms with E-state index in [1.807, 2.05) is 0 Å². The molecule has 0 saturated heterocycles. The Labute approximate surface area is 137 Å². The number of carboxylic acids is 2. The molecule has 0 fully saturated rings. The van der Waals surface area contributed by atoms with Crippen LogP contribution in [0, 0.1) is 0 Å². The molecule has 0 radical (unpaired) electrons. The topological polar surface area (TPSA) is 134 Å². The lowest BCUT2D eigenvalue weighted by atomic mass is 10.2. The number of phenolic OH excluding ortho intramolecular Hbond substituents is 2. The molecular formula is C16H16O8. The van der Waals surface area contributed by atoms with Gasteiger partial charge in [0.2, 0.25) is 0 Å². The molecule has 0 saturated carbocycles. The fourth-order valence-corrected chi connectivity index (χ4v) is 1.65. The molecule has 2 aromatic rings. The van der Waals surface area contributed by atoms with Gasteiger partial charge in [0.1, 0.15) is 0 Å². The number of aromatic carboxylic acids is 2. The molecule has 24 heavy (non-hydrogen) atoms. The van der Waals surface area contributed by atoms with Gasteiger partial charge < -0.3 is 29.9 Å². The Morgan fingerprint density at radius 2 is 1.08 bits per heavy atom. The molecule has 0 aliphatic carbocycles. The first-order chi connectivity index (χ1) is 11.3. The van der Waals surface area contributed by atoms with E-state index in [2.05, 4.69) is 0 Å². The zero-order valence-corrected chi connectivity index (χ0v) is 12.9. The van der Waals surface area contributed by atoms with Crippen molar-refractivity contribution in [3.8, 4) is 23.0 Å². The number of rotatable bonds is 4. The summed E-state index contributed by atoms with van der Waals surface area (Å²) in [4.78, 5) is 20.8. The van der Waals surface area contributed by atoms with E-state index in [1.165, 1.54) is 38.5 Å².